The van der Waals surface area contributed by atoms with Crippen LogP contribution < -0.4 is 14.8 Å². The second-order valence-corrected chi connectivity index (χ2v) is 6.57. The topological polar surface area (TPSA) is 60.5 Å². The number of hydrogen-bond acceptors (Lipinski definition) is 5. The molecule has 1 aromatic heterocycles. The van der Waals surface area contributed by atoms with E-state index in [4.69, 9.17) is 9.47 Å². The molecular formula is C21H20N2O3S. The molecule has 5 nitrogen and oxygen atoms in total. The number of aromatic nitrogens is 1. The van der Waals surface area contributed by atoms with Gasteiger partial charge in [0.1, 0.15) is 11.5 Å². The Balaban J connectivity index is 1.60. The third-order valence-corrected chi connectivity index (χ3v) is 4.63. The number of carbonyl (C=O) groups is 1. The van der Waals surface area contributed by atoms with Gasteiger partial charge in [-0.25, -0.2) is 4.98 Å². The molecule has 6 heteroatoms. The molecule has 27 heavy (non-hydrogen) atoms. The lowest BCUT2D eigenvalue weighted by atomic mass is 10.2. The molecule has 0 aliphatic heterocycles. The quantitative estimate of drug-likeness (QED) is 0.610. The van der Waals surface area contributed by atoms with Crippen molar-refractivity contribution < 1.29 is 14.3 Å². The molecule has 0 aliphatic carbocycles. The van der Waals surface area contributed by atoms with E-state index in [0.717, 1.165) is 16.2 Å². The molecule has 0 spiro atoms. The van der Waals surface area contributed by atoms with Gasteiger partial charge in [-0.05, 0) is 66.4 Å². The van der Waals surface area contributed by atoms with Gasteiger partial charge in [-0.3, -0.25) is 4.79 Å². The molecule has 1 N–H and O–H groups in total. The van der Waals surface area contributed by atoms with Crippen molar-refractivity contribution in [2.45, 2.75) is 11.4 Å². The molecule has 0 saturated heterocycles. The molecule has 3 aromatic rings. The van der Waals surface area contributed by atoms with Gasteiger partial charge in [-0.15, -0.1) is 11.8 Å². The van der Waals surface area contributed by atoms with Crippen molar-refractivity contribution in [1.29, 1.82) is 0 Å². The average molecular weight is 380 g/mol. The third kappa shape index (κ3) is 5.24. The monoisotopic (exact) mass is 380 g/mol. The van der Waals surface area contributed by atoms with Gasteiger partial charge in [0, 0.05) is 29.3 Å². The van der Waals surface area contributed by atoms with Crippen molar-refractivity contribution in [3.8, 4) is 17.4 Å². The summed E-state index contributed by atoms with van der Waals surface area (Å²) in [7, 11) is 1.62. The number of nitrogens with zero attached hydrogens (tertiary/aromatic N) is 1. The van der Waals surface area contributed by atoms with E-state index in [1.54, 1.807) is 31.1 Å². The summed E-state index contributed by atoms with van der Waals surface area (Å²) < 4.78 is 10.9. The van der Waals surface area contributed by atoms with E-state index in [9.17, 15) is 4.79 Å². The smallest absolute Gasteiger partial charge is 0.251 e. The number of nitrogens with one attached hydrogen (secondary N) is 1. The van der Waals surface area contributed by atoms with Crippen LogP contribution in [0, 0.1) is 0 Å². The molecule has 138 valence electrons. The van der Waals surface area contributed by atoms with Gasteiger partial charge >= 0.3 is 0 Å². The maximum Gasteiger partial charge on any atom is 0.251 e. The molecule has 2 aromatic carbocycles. The zero-order chi connectivity index (χ0) is 19.1. The molecule has 0 fully saturated rings. The van der Waals surface area contributed by atoms with Gasteiger partial charge in [0.2, 0.25) is 5.88 Å². The number of hydrogen-bond donors (Lipinski definition) is 1. The number of methoxy groups -OCH3 is 1. The first kappa shape index (κ1) is 18.8. The number of amides is 1. The molecule has 1 amide bonds. The van der Waals surface area contributed by atoms with Crippen molar-refractivity contribution in [3.63, 3.8) is 0 Å². The van der Waals surface area contributed by atoms with Gasteiger partial charge in [0.15, 0.2) is 0 Å². The lowest BCUT2D eigenvalue weighted by molar-refractivity contribution is 0.0951. The molecule has 0 saturated carbocycles. The largest absolute Gasteiger partial charge is 0.497 e. The Kier molecular flexibility index (Phi) is 6.33. The van der Waals surface area contributed by atoms with Crippen LogP contribution in [0.5, 0.6) is 17.4 Å². The minimum absolute atomic E-state index is 0.114. The highest BCUT2D eigenvalue weighted by molar-refractivity contribution is 7.98. The zero-order valence-electron chi connectivity index (χ0n) is 15.1. The van der Waals surface area contributed by atoms with Crippen molar-refractivity contribution in [1.82, 2.24) is 10.3 Å². The molecule has 0 radical (unpaired) electrons. The van der Waals surface area contributed by atoms with Crippen molar-refractivity contribution in [3.05, 3.63) is 78.0 Å². The Morgan fingerprint density at radius 1 is 1.04 bits per heavy atom. The van der Waals surface area contributed by atoms with Gasteiger partial charge in [-0.2, -0.15) is 0 Å². The van der Waals surface area contributed by atoms with Crippen LogP contribution in [0.25, 0.3) is 0 Å². The van der Waals surface area contributed by atoms with Crippen LogP contribution in [0.2, 0.25) is 0 Å². The lowest BCUT2D eigenvalue weighted by Crippen LogP contribution is -2.22. The number of thioether (sulfide) groups is 1. The van der Waals surface area contributed by atoms with E-state index in [2.05, 4.69) is 10.3 Å². The van der Waals surface area contributed by atoms with Crippen molar-refractivity contribution in [2.24, 2.45) is 0 Å². The zero-order valence-corrected chi connectivity index (χ0v) is 16.0. The van der Waals surface area contributed by atoms with Crippen LogP contribution in [0.15, 0.2) is 71.8 Å². The van der Waals surface area contributed by atoms with Crippen LogP contribution in [0.3, 0.4) is 0 Å². The predicted molar refractivity (Wildman–Crippen MR) is 107 cm³/mol. The third-order valence-electron chi connectivity index (χ3n) is 3.89. The maximum atomic E-state index is 12.3. The van der Waals surface area contributed by atoms with E-state index < -0.39 is 0 Å². The van der Waals surface area contributed by atoms with Crippen molar-refractivity contribution in [2.75, 3.05) is 13.4 Å². The summed E-state index contributed by atoms with van der Waals surface area (Å²) in [6, 6.07) is 18.4. The summed E-state index contributed by atoms with van der Waals surface area (Å²) in [4.78, 5) is 17.6. The van der Waals surface area contributed by atoms with Gasteiger partial charge < -0.3 is 14.8 Å². The molecule has 0 bridgehead atoms. The first-order chi connectivity index (χ1) is 13.2. The molecule has 0 aliphatic rings. The average Bonchev–Trinajstić information content (AvgIpc) is 2.73. The number of carbonyl (C=O) groups excluding carboxylic acids is 1. The normalized spacial score (nSPS) is 10.3. The summed E-state index contributed by atoms with van der Waals surface area (Å²) in [5.41, 5.74) is 1.54. The fourth-order valence-electron chi connectivity index (χ4n) is 2.41. The minimum atomic E-state index is -0.114. The molecule has 0 unspecified atom stereocenters. The molecular weight excluding hydrogens is 360 g/mol. The van der Waals surface area contributed by atoms with Gasteiger partial charge in [-0.1, -0.05) is 0 Å². The van der Waals surface area contributed by atoms with Crippen LogP contribution in [-0.2, 0) is 6.54 Å². The Morgan fingerprint density at radius 2 is 1.74 bits per heavy atom. The fourth-order valence-corrected chi connectivity index (χ4v) is 2.82. The van der Waals surface area contributed by atoms with Gasteiger partial charge in [0.25, 0.3) is 5.91 Å². The van der Waals surface area contributed by atoms with Gasteiger partial charge in [0.05, 0.1) is 7.11 Å². The first-order valence-corrected chi connectivity index (χ1v) is 9.59. The second-order valence-electron chi connectivity index (χ2n) is 5.69. The lowest BCUT2D eigenvalue weighted by Gasteiger charge is -2.09. The Bertz CT molecular complexity index is 896. The highest BCUT2D eigenvalue weighted by Gasteiger charge is 2.06. The van der Waals surface area contributed by atoms with E-state index >= 15 is 0 Å². The van der Waals surface area contributed by atoms with Crippen molar-refractivity contribution >= 4 is 17.7 Å². The number of pyridine rings is 1. The Morgan fingerprint density at radius 3 is 2.41 bits per heavy atom. The first-order valence-electron chi connectivity index (χ1n) is 8.37. The Labute approximate surface area is 162 Å². The fraction of sp³-hybridized carbons (Fsp3) is 0.143. The molecule has 0 atom stereocenters. The summed E-state index contributed by atoms with van der Waals surface area (Å²) in [6.45, 7) is 0.393. The van der Waals surface area contributed by atoms with E-state index in [0.29, 0.717) is 23.7 Å². The number of benzene rings is 2. The second kappa shape index (κ2) is 9.09. The highest BCUT2D eigenvalue weighted by Crippen LogP contribution is 2.23. The predicted octanol–water partition coefficient (Wildman–Crippen LogP) is 4.53. The summed E-state index contributed by atoms with van der Waals surface area (Å²) in [6.07, 6.45) is 3.66. The molecule has 3 rings (SSSR count). The number of ether oxygens (including phenoxy) is 2. The summed E-state index contributed by atoms with van der Waals surface area (Å²) >= 11 is 1.64. The summed E-state index contributed by atoms with van der Waals surface area (Å²) in [5.74, 6) is 1.78. The molecule has 1 heterocycles. The minimum Gasteiger partial charge on any atom is -0.497 e. The SMILES string of the molecule is COc1ccc(Oc2cc(CNC(=O)c3ccc(SC)cc3)ccn2)cc1. The maximum absolute atomic E-state index is 12.3. The van der Waals surface area contributed by atoms with E-state index in [1.807, 2.05) is 60.9 Å². The van der Waals surface area contributed by atoms with Crippen LogP contribution >= 0.6 is 11.8 Å². The van der Waals surface area contributed by atoms with E-state index in [-0.39, 0.29) is 5.91 Å². The summed E-state index contributed by atoms with van der Waals surface area (Å²) in [5, 5.41) is 2.91. The highest BCUT2D eigenvalue weighted by atomic mass is 32.2. The van der Waals surface area contributed by atoms with Crippen LogP contribution in [0.1, 0.15) is 15.9 Å². The number of rotatable bonds is 7. The van der Waals surface area contributed by atoms with Crippen LogP contribution in [0.4, 0.5) is 0 Å². The standard InChI is InChI=1S/C21H20N2O3S/c1-25-17-5-7-18(8-6-17)26-20-13-15(11-12-22-20)14-23-21(24)16-3-9-19(27-2)10-4-16/h3-13H,14H2,1-2H3,(H,23,24). The Hall–Kier alpha value is -2.99. The van der Waals surface area contributed by atoms with Crippen LogP contribution in [-0.4, -0.2) is 24.3 Å². The van der Waals surface area contributed by atoms with E-state index in [1.165, 1.54) is 0 Å².